The van der Waals surface area contributed by atoms with Gasteiger partial charge in [-0.3, -0.25) is 0 Å². The predicted molar refractivity (Wildman–Crippen MR) is 89.6 cm³/mol. The van der Waals surface area contributed by atoms with Gasteiger partial charge in [-0.25, -0.2) is 4.79 Å². The minimum Gasteiger partial charge on any atom is -0.308 e. The molecule has 0 aliphatic heterocycles. The second-order valence-corrected chi connectivity index (χ2v) is 5.96. The SMILES string of the molecule is CC(C)c1cccc(NC(=O)Nc2ccc(Cl)c(C(F)(F)F)c2)c1. The van der Waals surface area contributed by atoms with E-state index in [1.54, 1.807) is 12.1 Å². The van der Waals surface area contributed by atoms with Crippen molar-refractivity contribution in [2.24, 2.45) is 0 Å². The number of nitrogens with one attached hydrogen (secondary N) is 2. The van der Waals surface area contributed by atoms with Gasteiger partial charge in [-0.05, 0) is 41.8 Å². The lowest BCUT2D eigenvalue weighted by Gasteiger charge is -2.13. The molecule has 128 valence electrons. The van der Waals surface area contributed by atoms with Crippen LogP contribution in [0.25, 0.3) is 0 Å². The fraction of sp³-hybridized carbons (Fsp3) is 0.235. The molecule has 0 aliphatic carbocycles. The smallest absolute Gasteiger partial charge is 0.308 e. The Balaban J connectivity index is 2.12. The van der Waals surface area contributed by atoms with Crippen LogP contribution in [0.5, 0.6) is 0 Å². The zero-order chi connectivity index (χ0) is 17.9. The molecule has 2 aromatic carbocycles. The van der Waals surface area contributed by atoms with E-state index in [0.29, 0.717) is 11.6 Å². The first-order valence-electron chi connectivity index (χ1n) is 7.21. The molecule has 7 heteroatoms. The zero-order valence-electron chi connectivity index (χ0n) is 13.0. The summed E-state index contributed by atoms with van der Waals surface area (Å²) in [6.07, 6.45) is -4.59. The lowest BCUT2D eigenvalue weighted by molar-refractivity contribution is -0.137. The van der Waals surface area contributed by atoms with Gasteiger partial charge in [0.05, 0.1) is 10.6 Å². The second-order valence-electron chi connectivity index (χ2n) is 5.55. The lowest BCUT2D eigenvalue weighted by atomic mass is 10.0. The number of halogens is 4. The highest BCUT2D eigenvalue weighted by Crippen LogP contribution is 2.36. The fourth-order valence-corrected chi connectivity index (χ4v) is 2.31. The van der Waals surface area contributed by atoms with Crippen molar-refractivity contribution in [3.8, 4) is 0 Å². The molecule has 24 heavy (non-hydrogen) atoms. The summed E-state index contributed by atoms with van der Waals surface area (Å²) in [4.78, 5) is 12.0. The maximum absolute atomic E-state index is 12.8. The third kappa shape index (κ3) is 4.64. The van der Waals surface area contributed by atoms with Gasteiger partial charge in [-0.15, -0.1) is 0 Å². The lowest BCUT2D eigenvalue weighted by Crippen LogP contribution is -2.20. The molecule has 2 amide bonds. The van der Waals surface area contributed by atoms with E-state index >= 15 is 0 Å². The van der Waals surface area contributed by atoms with Crippen LogP contribution in [0.15, 0.2) is 42.5 Å². The number of urea groups is 1. The van der Waals surface area contributed by atoms with E-state index in [9.17, 15) is 18.0 Å². The Morgan fingerprint density at radius 1 is 1.04 bits per heavy atom. The van der Waals surface area contributed by atoms with Gasteiger partial charge in [0.2, 0.25) is 0 Å². The molecule has 2 aromatic rings. The third-order valence-corrected chi connectivity index (χ3v) is 3.67. The Kier molecular flexibility index (Phi) is 5.39. The van der Waals surface area contributed by atoms with Gasteiger partial charge in [0.1, 0.15) is 0 Å². The van der Waals surface area contributed by atoms with E-state index < -0.39 is 22.8 Å². The summed E-state index contributed by atoms with van der Waals surface area (Å²) >= 11 is 5.55. The number of hydrogen-bond donors (Lipinski definition) is 2. The summed E-state index contributed by atoms with van der Waals surface area (Å²) in [5, 5.41) is 4.55. The van der Waals surface area contributed by atoms with Gasteiger partial charge < -0.3 is 10.6 Å². The molecule has 2 rings (SSSR count). The number of rotatable bonds is 3. The zero-order valence-corrected chi connectivity index (χ0v) is 13.8. The maximum atomic E-state index is 12.8. The summed E-state index contributed by atoms with van der Waals surface area (Å²) in [5.41, 5.74) is 0.607. The Morgan fingerprint density at radius 3 is 2.25 bits per heavy atom. The van der Waals surface area contributed by atoms with Crippen LogP contribution in [0.1, 0.15) is 30.9 Å². The molecule has 0 saturated heterocycles. The van der Waals surface area contributed by atoms with Crippen molar-refractivity contribution in [3.63, 3.8) is 0 Å². The van der Waals surface area contributed by atoms with Crippen molar-refractivity contribution in [3.05, 3.63) is 58.6 Å². The largest absolute Gasteiger partial charge is 0.417 e. The molecule has 0 unspecified atom stereocenters. The molecule has 0 aromatic heterocycles. The monoisotopic (exact) mass is 356 g/mol. The number of anilines is 2. The first kappa shape index (κ1) is 18.1. The first-order chi connectivity index (χ1) is 11.2. The van der Waals surface area contributed by atoms with Crippen LogP contribution in [0.2, 0.25) is 5.02 Å². The second kappa shape index (κ2) is 7.13. The average Bonchev–Trinajstić information content (AvgIpc) is 2.48. The van der Waals surface area contributed by atoms with Gasteiger partial charge in [0, 0.05) is 11.4 Å². The van der Waals surface area contributed by atoms with E-state index in [1.165, 1.54) is 6.07 Å². The van der Waals surface area contributed by atoms with Gasteiger partial charge in [0.25, 0.3) is 0 Å². The maximum Gasteiger partial charge on any atom is 0.417 e. The topological polar surface area (TPSA) is 41.1 Å². The number of hydrogen-bond acceptors (Lipinski definition) is 1. The van der Waals surface area contributed by atoms with Crippen molar-refractivity contribution in [1.29, 1.82) is 0 Å². The highest BCUT2D eigenvalue weighted by Gasteiger charge is 2.33. The third-order valence-electron chi connectivity index (χ3n) is 3.34. The summed E-state index contributed by atoms with van der Waals surface area (Å²) in [6, 6.07) is 9.82. The normalized spacial score (nSPS) is 11.5. The van der Waals surface area contributed by atoms with Crippen molar-refractivity contribution >= 4 is 29.0 Å². The summed E-state index contributed by atoms with van der Waals surface area (Å²) < 4.78 is 38.5. The van der Waals surface area contributed by atoms with Gasteiger partial charge >= 0.3 is 12.2 Å². The Hall–Kier alpha value is -2.21. The van der Waals surface area contributed by atoms with Crippen LogP contribution in [0.3, 0.4) is 0 Å². The van der Waals surface area contributed by atoms with Crippen LogP contribution in [0, 0.1) is 0 Å². The molecule has 3 nitrogen and oxygen atoms in total. The minimum absolute atomic E-state index is 0.00393. The first-order valence-corrected chi connectivity index (χ1v) is 7.59. The number of alkyl halides is 3. The highest BCUT2D eigenvalue weighted by molar-refractivity contribution is 6.31. The van der Waals surface area contributed by atoms with Crippen molar-refractivity contribution in [2.75, 3.05) is 10.6 Å². The van der Waals surface area contributed by atoms with E-state index in [-0.39, 0.29) is 5.69 Å². The number of benzene rings is 2. The molecule has 2 N–H and O–H groups in total. The highest BCUT2D eigenvalue weighted by atomic mass is 35.5. The molecule has 0 aliphatic rings. The Bertz CT molecular complexity index is 745. The molecule has 0 spiro atoms. The minimum atomic E-state index is -4.59. The van der Waals surface area contributed by atoms with Crippen molar-refractivity contribution in [1.82, 2.24) is 0 Å². The van der Waals surface area contributed by atoms with E-state index in [0.717, 1.165) is 17.7 Å². The number of amides is 2. The number of carbonyl (C=O) groups excluding carboxylic acids is 1. The van der Waals surface area contributed by atoms with Crippen LogP contribution in [-0.2, 0) is 6.18 Å². The standard InChI is InChI=1S/C17H16ClF3N2O/c1-10(2)11-4-3-5-12(8-11)22-16(24)23-13-6-7-15(18)14(9-13)17(19,20)21/h3-10H,1-2H3,(H2,22,23,24). The molecule has 0 bridgehead atoms. The summed E-state index contributed by atoms with van der Waals surface area (Å²) in [6.45, 7) is 4.04. The Labute approximate surface area is 142 Å². The molecule has 0 saturated carbocycles. The molecular formula is C17H16ClF3N2O. The van der Waals surface area contributed by atoms with Crippen molar-refractivity contribution in [2.45, 2.75) is 25.9 Å². The molecule has 0 atom stereocenters. The summed E-state index contributed by atoms with van der Waals surface area (Å²) in [7, 11) is 0. The van der Waals surface area contributed by atoms with Crippen LogP contribution in [0.4, 0.5) is 29.3 Å². The summed E-state index contributed by atoms with van der Waals surface area (Å²) in [5.74, 6) is 0.292. The number of carbonyl (C=O) groups is 1. The Morgan fingerprint density at radius 2 is 1.67 bits per heavy atom. The molecule has 0 heterocycles. The van der Waals surface area contributed by atoms with Gasteiger partial charge in [0.15, 0.2) is 0 Å². The van der Waals surface area contributed by atoms with E-state index in [2.05, 4.69) is 10.6 Å². The molecular weight excluding hydrogens is 341 g/mol. The van der Waals surface area contributed by atoms with Crippen LogP contribution in [-0.4, -0.2) is 6.03 Å². The van der Waals surface area contributed by atoms with Crippen molar-refractivity contribution < 1.29 is 18.0 Å². The van der Waals surface area contributed by atoms with Crippen LogP contribution < -0.4 is 10.6 Å². The van der Waals surface area contributed by atoms with E-state index in [1.807, 2.05) is 26.0 Å². The quantitative estimate of drug-likeness (QED) is 0.682. The predicted octanol–water partition coefficient (Wildman–Crippen LogP) is 6.13. The van der Waals surface area contributed by atoms with E-state index in [4.69, 9.17) is 11.6 Å². The fourth-order valence-electron chi connectivity index (χ4n) is 2.09. The van der Waals surface area contributed by atoms with Gasteiger partial charge in [-0.2, -0.15) is 13.2 Å². The van der Waals surface area contributed by atoms with Gasteiger partial charge in [-0.1, -0.05) is 37.6 Å². The molecule has 0 fully saturated rings. The molecule has 0 radical (unpaired) electrons. The van der Waals surface area contributed by atoms with Crippen LogP contribution >= 0.6 is 11.6 Å². The average molecular weight is 357 g/mol.